The highest BCUT2D eigenvalue weighted by Crippen LogP contribution is 2.36. The van der Waals surface area contributed by atoms with Crippen LogP contribution in [0, 0.1) is 0 Å². The molecule has 0 atom stereocenters. The van der Waals surface area contributed by atoms with Gasteiger partial charge in [-0.25, -0.2) is 9.59 Å². The lowest BCUT2D eigenvalue weighted by Gasteiger charge is -2.05. The number of ether oxygens (including phenoxy) is 1. The van der Waals surface area contributed by atoms with E-state index in [9.17, 15) is 19.8 Å². The molecule has 2 aromatic carbocycles. The predicted molar refractivity (Wildman–Crippen MR) is 109 cm³/mol. The Morgan fingerprint density at radius 1 is 0.897 bits per heavy atom. The lowest BCUT2D eigenvalue weighted by molar-refractivity contribution is 0.0730. The van der Waals surface area contributed by atoms with Gasteiger partial charge in [0, 0.05) is 16.5 Å². The first-order valence-electron chi connectivity index (χ1n) is 8.53. The zero-order valence-corrected chi connectivity index (χ0v) is 15.7. The molecule has 2 N–H and O–H groups in total. The van der Waals surface area contributed by atoms with Crippen molar-refractivity contribution in [2.75, 3.05) is 0 Å². The van der Waals surface area contributed by atoms with Gasteiger partial charge in [0.25, 0.3) is 0 Å². The maximum atomic E-state index is 12.4. The second-order valence-corrected chi connectivity index (χ2v) is 6.73. The van der Waals surface area contributed by atoms with Gasteiger partial charge in [0.2, 0.25) is 0 Å². The number of thiol groups is 1. The van der Waals surface area contributed by atoms with Crippen molar-refractivity contribution in [3.05, 3.63) is 82.7 Å². The third kappa shape index (κ3) is 3.68. The molecular weight excluding hydrogens is 392 g/mol. The lowest BCUT2D eigenvalue weighted by atomic mass is 10.0. The highest BCUT2D eigenvalue weighted by Gasteiger charge is 2.21. The lowest BCUT2D eigenvalue weighted by Crippen LogP contribution is -2.08. The number of hydrogen-bond donors (Lipinski definition) is 3. The molecule has 2 aliphatic rings. The molecule has 1 aliphatic heterocycles. The van der Waals surface area contributed by atoms with E-state index in [1.54, 1.807) is 24.3 Å². The van der Waals surface area contributed by atoms with Gasteiger partial charge in [0.05, 0.1) is 11.1 Å². The van der Waals surface area contributed by atoms with E-state index in [2.05, 4.69) is 12.6 Å². The van der Waals surface area contributed by atoms with E-state index in [4.69, 9.17) is 9.15 Å². The van der Waals surface area contributed by atoms with Crippen molar-refractivity contribution in [3.63, 3.8) is 0 Å². The van der Waals surface area contributed by atoms with Crippen LogP contribution in [0.3, 0.4) is 0 Å². The molecule has 0 fully saturated rings. The standard InChI is InChI=1S/C22H14O6S/c23-14-5-1-12(2-6-14)20-16-9-10-19(29)18(11-17(16)27-22(20)26)28-21(25)13-3-7-15(24)8-4-13/h1-11,23-24,29H. The van der Waals surface area contributed by atoms with Crippen molar-refractivity contribution in [1.82, 2.24) is 0 Å². The number of carbonyl (C=O) groups excluding carboxylic acids is 1. The van der Waals surface area contributed by atoms with Gasteiger partial charge in [0.15, 0.2) is 0 Å². The second-order valence-electron chi connectivity index (χ2n) is 6.25. The van der Waals surface area contributed by atoms with Crippen molar-refractivity contribution in [1.29, 1.82) is 0 Å². The molecule has 0 spiro atoms. The van der Waals surface area contributed by atoms with E-state index < -0.39 is 11.6 Å². The third-order valence-electron chi connectivity index (χ3n) is 4.33. The normalized spacial score (nSPS) is 10.8. The minimum atomic E-state index is -0.646. The number of fused-ring (bicyclic) bond motifs is 1. The van der Waals surface area contributed by atoms with Crippen LogP contribution >= 0.6 is 12.6 Å². The van der Waals surface area contributed by atoms with Crippen LogP contribution in [0.15, 0.2) is 80.8 Å². The fourth-order valence-corrected chi connectivity index (χ4v) is 3.07. The van der Waals surface area contributed by atoms with E-state index in [0.29, 0.717) is 21.6 Å². The van der Waals surface area contributed by atoms with E-state index in [1.165, 1.54) is 42.5 Å². The molecule has 0 bridgehead atoms. The average Bonchev–Trinajstić information content (AvgIpc) is 2.93. The first-order chi connectivity index (χ1) is 13.9. The number of rotatable bonds is 3. The molecule has 0 radical (unpaired) electrons. The van der Waals surface area contributed by atoms with Gasteiger partial charge >= 0.3 is 11.6 Å². The van der Waals surface area contributed by atoms with Crippen molar-refractivity contribution < 1.29 is 24.2 Å². The van der Waals surface area contributed by atoms with E-state index >= 15 is 0 Å². The number of furan rings is 1. The van der Waals surface area contributed by atoms with Crippen LogP contribution in [0.5, 0.6) is 17.2 Å². The van der Waals surface area contributed by atoms with Gasteiger partial charge in [-0.15, -0.1) is 12.6 Å². The molecule has 0 unspecified atom stereocenters. The molecule has 29 heavy (non-hydrogen) atoms. The molecule has 144 valence electrons. The van der Waals surface area contributed by atoms with Gasteiger partial charge in [-0.05, 0) is 54.1 Å². The van der Waals surface area contributed by atoms with E-state index in [-0.39, 0.29) is 28.6 Å². The predicted octanol–water partition coefficient (Wildman–Crippen LogP) is 4.33. The summed E-state index contributed by atoms with van der Waals surface area (Å²) in [6, 6.07) is 16.5. The van der Waals surface area contributed by atoms with Crippen molar-refractivity contribution >= 4 is 18.6 Å². The summed E-state index contributed by atoms with van der Waals surface area (Å²) < 4.78 is 10.8. The summed E-state index contributed by atoms with van der Waals surface area (Å²) in [5.74, 6) is -0.184. The molecule has 6 nitrogen and oxygen atoms in total. The SMILES string of the molecule is O=C(Oc1cc2oc(=O)c(-c3ccc(O)cc3)c-2ccc1S)c1ccc(O)cc1. The average molecular weight is 406 g/mol. The maximum absolute atomic E-state index is 12.4. The van der Waals surface area contributed by atoms with Crippen molar-refractivity contribution in [2.45, 2.75) is 4.90 Å². The quantitative estimate of drug-likeness (QED) is 0.346. The Labute approximate surface area is 170 Å². The zero-order chi connectivity index (χ0) is 20.5. The minimum absolute atomic E-state index is 0.0320. The maximum Gasteiger partial charge on any atom is 0.344 e. The summed E-state index contributed by atoms with van der Waals surface area (Å²) in [6.45, 7) is 0. The second kappa shape index (κ2) is 7.37. The van der Waals surface area contributed by atoms with Gasteiger partial charge in [-0.3, -0.25) is 0 Å². The molecule has 4 rings (SSSR count). The largest absolute Gasteiger partial charge is 0.508 e. The molecule has 7 heteroatoms. The van der Waals surface area contributed by atoms with Crippen molar-refractivity contribution in [2.24, 2.45) is 0 Å². The first-order valence-corrected chi connectivity index (χ1v) is 8.97. The van der Waals surface area contributed by atoms with Crippen LogP contribution in [0.1, 0.15) is 10.4 Å². The summed E-state index contributed by atoms with van der Waals surface area (Å²) >= 11 is 4.36. The van der Waals surface area contributed by atoms with Gasteiger partial charge in [0.1, 0.15) is 23.0 Å². The summed E-state index contributed by atoms with van der Waals surface area (Å²) in [5.41, 5.74) is 1.13. The Hall–Kier alpha value is -3.71. The Kier molecular flexibility index (Phi) is 4.74. The zero-order valence-electron chi connectivity index (χ0n) is 14.8. The molecule has 0 amide bonds. The smallest absolute Gasteiger partial charge is 0.344 e. The summed E-state index contributed by atoms with van der Waals surface area (Å²) in [4.78, 5) is 25.2. The Balaban J connectivity index is 1.74. The molecule has 2 aromatic rings. The van der Waals surface area contributed by atoms with Crippen LogP contribution < -0.4 is 10.4 Å². The van der Waals surface area contributed by atoms with Crippen LogP contribution in [0.4, 0.5) is 0 Å². The van der Waals surface area contributed by atoms with Gasteiger partial charge < -0.3 is 19.4 Å². The Morgan fingerprint density at radius 2 is 1.52 bits per heavy atom. The number of benzene rings is 2. The number of esters is 1. The fourth-order valence-electron chi connectivity index (χ4n) is 2.89. The molecular formula is C22H14O6S. The number of phenolic OH excluding ortho intramolecular Hbond substituents is 2. The Bertz CT molecular complexity index is 1230. The summed E-state index contributed by atoms with van der Waals surface area (Å²) in [7, 11) is 0. The molecule has 0 saturated carbocycles. The molecule has 1 aliphatic carbocycles. The van der Waals surface area contributed by atoms with E-state index in [1.807, 2.05) is 0 Å². The fraction of sp³-hybridized carbons (Fsp3) is 0. The monoisotopic (exact) mass is 406 g/mol. The number of hydrogen-bond acceptors (Lipinski definition) is 7. The van der Waals surface area contributed by atoms with Crippen LogP contribution in [-0.4, -0.2) is 16.2 Å². The Morgan fingerprint density at radius 3 is 2.17 bits per heavy atom. The van der Waals surface area contributed by atoms with E-state index in [0.717, 1.165) is 0 Å². The summed E-state index contributed by atoms with van der Waals surface area (Å²) in [6.07, 6.45) is 0. The van der Waals surface area contributed by atoms with Crippen molar-refractivity contribution in [3.8, 4) is 39.7 Å². The minimum Gasteiger partial charge on any atom is -0.508 e. The van der Waals surface area contributed by atoms with Crippen LogP contribution in [0.2, 0.25) is 0 Å². The number of aromatic hydroxyl groups is 2. The molecule has 1 heterocycles. The summed E-state index contributed by atoms with van der Waals surface area (Å²) in [5, 5.41) is 18.8. The highest BCUT2D eigenvalue weighted by molar-refractivity contribution is 7.80. The topological polar surface area (TPSA) is 97.0 Å². The number of carbonyl (C=O) groups is 1. The van der Waals surface area contributed by atoms with Crippen LogP contribution in [0.25, 0.3) is 22.5 Å². The third-order valence-corrected chi connectivity index (χ3v) is 4.70. The van der Waals surface area contributed by atoms with Gasteiger partial charge in [-0.2, -0.15) is 0 Å². The van der Waals surface area contributed by atoms with Gasteiger partial charge in [-0.1, -0.05) is 12.1 Å². The molecule has 0 aromatic heterocycles. The van der Waals surface area contributed by atoms with Crippen LogP contribution in [-0.2, 0) is 0 Å². The molecule has 0 saturated heterocycles. The number of phenols is 2. The highest BCUT2D eigenvalue weighted by atomic mass is 32.1. The first kappa shape index (κ1) is 18.6.